The van der Waals surface area contributed by atoms with Crippen molar-refractivity contribution in [3.05, 3.63) is 21.9 Å². The van der Waals surface area contributed by atoms with E-state index in [2.05, 4.69) is 26.2 Å². The molecule has 1 amide bonds. The summed E-state index contributed by atoms with van der Waals surface area (Å²) in [7, 11) is 0. The van der Waals surface area contributed by atoms with Crippen LogP contribution in [0.4, 0.5) is 10.5 Å². The van der Waals surface area contributed by atoms with E-state index in [4.69, 9.17) is 4.74 Å². The number of nitrogens with zero attached hydrogens (tertiary/aromatic N) is 1. The first-order chi connectivity index (χ1) is 7.69. The molecular formula is C12H17BrN2O2. The summed E-state index contributed by atoms with van der Waals surface area (Å²) < 4.78 is 5.77. The number of anilines is 1. The van der Waals surface area contributed by atoms with E-state index < -0.39 is 11.7 Å². The molecule has 0 aromatic carbocycles. The molecule has 4 nitrogen and oxygen atoms in total. The zero-order chi connectivity index (χ0) is 13.2. The van der Waals surface area contributed by atoms with Crippen LogP contribution < -0.4 is 5.32 Å². The molecule has 0 fully saturated rings. The van der Waals surface area contributed by atoms with Crippen LogP contribution in [0.2, 0.25) is 0 Å². The lowest BCUT2D eigenvalue weighted by Gasteiger charge is -2.20. The van der Waals surface area contributed by atoms with E-state index in [1.807, 2.05) is 40.7 Å². The lowest BCUT2D eigenvalue weighted by Crippen LogP contribution is -2.27. The molecule has 0 radical (unpaired) electrons. The summed E-state index contributed by atoms with van der Waals surface area (Å²) in [5, 5.41) is 2.66. The van der Waals surface area contributed by atoms with Crippen LogP contribution in [0.1, 0.15) is 32.0 Å². The molecule has 0 saturated heterocycles. The monoisotopic (exact) mass is 300 g/mol. The Hall–Kier alpha value is -1.10. The quantitative estimate of drug-likeness (QED) is 0.802. The molecule has 0 aliphatic rings. The zero-order valence-corrected chi connectivity index (χ0v) is 12.3. The van der Waals surface area contributed by atoms with E-state index in [1.54, 1.807) is 0 Å². The third kappa shape index (κ3) is 4.34. The number of rotatable bonds is 1. The molecule has 0 aliphatic heterocycles. The molecule has 1 aromatic heterocycles. The van der Waals surface area contributed by atoms with Gasteiger partial charge in [0.2, 0.25) is 0 Å². The zero-order valence-electron chi connectivity index (χ0n) is 10.7. The molecule has 1 heterocycles. The van der Waals surface area contributed by atoms with Crippen molar-refractivity contribution in [1.82, 2.24) is 4.98 Å². The third-order valence-corrected chi connectivity index (χ3v) is 2.66. The van der Waals surface area contributed by atoms with Gasteiger partial charge in [0.05, 0.1) is 5.69 Å². The number of amides is 1. The number of aromatic nitrogens is 1. The van der Waals surface area contributed by atoms with Crippen LogP contribution >= 0.6 is 15.9 Å². The first-order valence-corrected chi connectivity index (χ1v) is 6.12. The number of pyridine rings is 1. The number of nitrogens with one attached hydrogen (secondary N) is 1. The van der Waals surface area contributed by atoms with Crippen molar-refractivity contribution < 1.29 is 9.53 Å². The molecule has 0 atom stereocenters. The summed E-state index contributed by atoms with van der Waals surface area (Å²) in [5.74, 6) is 0. The number of carbonyl (C=O) groups is 1. The Labute approximate surface area is 110 Å². The first kappa shape index (κ1) is 14.0. The summed E-state index contributed by atoms with van der Waals surface area (Å²) in [6.07, 6.45) is -0.483. The lowest BCUT2D eigenvalue weighted by atomic mass is 10.2. The van der Waals surface area contributed by atoms with Crippen molar-refractivity contribution in [3.8, 4) is 0 Å². The molecule has 0 bridgehead atoms. The maximum atomic E-state index is 11.6. The van der Waals surface area contributed by atoms with Crippen LogP contribution in [-0.2, 0) is 4.74 Å². The van der Waals surface area contributed by atoms with E-state index in [-0.39, 0.29) is 0 Å². The fourth-order valence-corrected chi connectivity index (χ4v) is 1.66. The number of hydrogen-bond donors (Lipinski definition) is 1. The molecule has 1 aromatic rings. The van der Waals surface area contributed by atoms with Crippen molar-refractivity contribution in [3.63, 3.8) is 0 Å². The highest BCUT2D eigenvalue weighted by molar-refractivity contribution is 9.10. The molecule has 0 saturated carbocycles. The summed E-state index contributed by atoms with van der Waals surface area (Å²) in [5.41, 5.74) is 2.04. The van der Waals surface area contributed by atoms with Crippen LogP contribution in [0.15, 0.2) is 10.7 Å². The SMILES string of the molecule is Cc1cc(NC(=O)OC(C)(C)C)c(Br)nc1C. The van der Waals surface area contributed by atoms with Gasteiger partial charge in [0.1, 0.15) is 10.2 Å². The molecule has 1 N–H and O–H groups in total. The maximum absolute atomic E-state index is 11.6. The Morgan fingerprint density at radius 3 is 2.53 bits per heavy atom. The standard InChI is InChI=1S/C12H17BrN2O2/c1-7-6-9(10(13)14-8(7)2)15-11(16)17-12(3,4)5/h6H,1-5H3,(H,15,16). The Balaban J connectivity index is 2.82. The van der Waals surface area contributed by atoms with Gasteiger partial charge < -0.3 is 4.74 Å². The summed E-state index contributed by atoms with van der Waals surface area (Å²) in [4.78, 5) is 15.9. The van der Waals surface area contributed by atoms with E-state index in [9.17, 15) is 4.79 Å². The van der Waals surface area contributed by atoms with Gasteiger partial charge in [0.25, 0.3) is 0 Å². The van der Waals surface area contributed by atoms with Gasteiger partial charge in [-0.1, -0.05) is 0 Å². The Kier molecular flexibility index (Phi) is 4.14. The normalized spacial score (nSPS) is 11.2. The van der Waals surface area contributed by atoms with Gasteiger partial charge in [-0.2, -0.15) is 0 Å². The summed E-state index contributed by atoms with van der Waals surface area (Å²) in [6, 6.07) is 1.86. The second kappa shape index (κ2) is 5.04. The van der Waals surface area contributed by atoms with Crippen LogP contribution in [0.25, 0.3) is 0 Å². The second-order valence-corrected chi connectivity index (χ2v) is 5.61. The topological polar surface area (TPSA) is 51.2 Å². The number of ether oxygens (including phenoxy) is 1. The van der Waals surface area contributed by atoms with Gasteiger partial charge in [-0.15, -0.1) is 0 Å². The largest absolute Gasteiger partial charge is 0.444 e. The van der Waals surface area contributed by atoms with Crippen molar-refractivity contribution in [2.45, 2.75) is 40.2 Å². The highest BCUT2D eigenvalue weighted by Crippen LogP contribution is 2.23. The van der Waals surface area contributed by atoms with Crippen LogP contribution in [0.3, 0.4) is 0 Å². The number of aryl methyl sites for hydroxylation is 2. The van der Waals surface area contributed by atoms with Crippen LogP contribution in [0.5, 0.6) is 0 Å². The Bertz CT molecular complexity index is 439. The summed E-state index contributed by atoms with van der Waals surface area (Å²) in [6.45, 7) is 9.31. The predicted molar refractivity (Wildman–Crippen MR) is 71.3 cm³/mol. The second-order valence-electron chi connectivity index (χ2n) is 4.86. The van der Waals surface area contributed by atoms with E-state index in [0.29, 0.717) is 10.3 Å². The number of halogens is 1. The first-order valence-electron chi connectivity index (χ1n) is 5.33. The molecule has 1 rings (SSSR count). The molecule has 0 unspecified atom stereocenters. The molecule has 17 heavy (non-hydrogen) atoms. The predicted octanol–water partition coefficient (Wildman–Crippen LogP) is 3.81. The van der Waals surface area contributed by atoms with E-state index in [1.165, 1.54) is 0 Å². The highest BCUT2D eigenvalue weighted by atomic mass is 79.9. The fraction of sp³-hybridized carbons (Fsp3) is 0.500. The van der Waals surface area contributed by atoms with Gasteiger partial charge in [-0.25, -0.2) is 9.78 Å². The van der Waals surface area contributed by atoms with Gasteiger partial charge in [0.15, 0.2) is 0 Å². The average molecular weight is 301 g/mol. The van der Waals surface area contributed by atoms with Gasteiger partial charge >= 0.3 is 6.09 Å². The molecular weight excluding hydrogens is 284 g/mol. The van der Waals surface area contributed by atoms with E-state index in [0.717, 1.165) is 11.3 Å². The highest BCUT2D eigenvalue weighted by Gasteiger charge is 2.17. The van der Waals surface area contributed by atoms with Crippen molar-refractivity contribution in [1.29, 1.82) is 0 Å². The smallest absolute Gasteiger partial charge is 0.412 e. The Morgan fingerprint density at radius 1 is 1.41 bits per heavy atom. The average Bonchev–Trinajstić information content (AvgIpc) is 2.11. The fourth-order valence-electron chi connectivity index (χ4n) is 1.18. The molecule has 0 aliphatic carbocycles. The van der Waals surface area contributed by atoms with Gasteiger partial charge in [0, 0.05) is 5.69 Å². The summed E-state index contributed by atoms with van der Waals surface area (Å²) >= 11 is 3.31. The van der Waals surface area contributed by atoms with Crippen molar-refractivity contribution in [2.75, 3.05) is 5.32 Å². The van der Waals surface area contributed by atoms with Crippen LogP contribution in [-0.4, -0.2) is 16.7 Å². The number of carbonyl (C=O) groups excluding carboxylic acids is 1. The number of hydrogen-bond acceptors (Lipinski definition) is 3. The molecule has 0 spiro atoms. The molecule has 5 heteroatoms. The van der Waals surface area contributed by atoms with Gasteiger partial charge in [-0.3, -0.25) is 5.32 Å². The lowest BCUT2D eigenvalue weighted by molar-refractivity contribution is 0.0636. The van der Waals surface area contributed by atoms with Crippen molar-refractivity contribution in [2.24, 2.45) is 0 Å². The maximum Gasteiger partial charge on any atom is 0.412 e. The minimum absolute atomic E-state index is 0.483. The van der Waals surface area contributed by atoms with E-state index >= 15 is 0 Å². The third-order valence-electron chi connectivity index (χ3n) is 2.06. The minimum Gasteiger partial charge on any atom is -0.444 e. The van der Waals surface area contributed by atoms with Gasteiger partial charge in [-0.05, 0) is 62.2 Å². The molecule has 94 valence electrons. The Morgan fingerprint density at radius 2 is 2.00 bits per heavy atom. The minimum atomic E-state index is -0.510. The van der Waals surface area contributed by atoms with Crippen molar-refractivity contribution >= 4 is 27.7 Å². The van der Waals surface area contributed by atoms with Crippen LogP contribution in [0, 0.1) is 13.8 Å².